The van der Waals surface area contributed by atoms with Crippen LogP contribution < -0.4 is 10.5 Å². The van der Waals surface area contributed by atoms with Gasteiger partial charge in [0, 0.05) is 24.1 Å². The second-order valence-corrected chi connectivity index (χ2v) is 8.48. The molecule has 0 saturated heterocycles. The van der Waals surface area contributed by atoms with Crippen molar-refractivity contribution >= 4 is 23.5 Å². The minimum atomic E-state index is -1.07. The summed E-state index contributed by atoms with van der Waals surface area (Å²) < 4.78 is 10.5. The molecule has 2 rings (SSSR count). The number of carbonyl (C=O) groups is 3. The van der Waals surface area contributed by atoms with Gasteiger partial charge in [0.15, 0.2) is 0 Å². The number of amides is 2. The van der Waals surface area contributed by atoms with Gasteiger partial charge in [-0.05, 0) is 37.0 Å². The molecule has 0 bridgehead atoms. The van der Waals surface area contributed by atoms with Crippen LogP contribution in [0.15, 0.2) is 42.5 Å². The summed E-state index contributed by atoms with van der Waals surface area (Å²) in [6.07, 6.45) is 1.43. The summed E-state index contributed by atoms with van der Waals surface area (Å²) >= 11 is 0. The number of hydrogen-bond acceptors (Lipinski definition) is 8. The first-order valence-electron chi connectivity index (χ1n) is 11.4. The van der Waals surface area contributed by atoms with Crippen LogP contribution in [0.1, 0.15) is 49.0 Å². The van der Waals surface area contributed by atoms with Gasteiger partial charge in [-0.1, -0.05) is 26.0 Å². The molecule has 0 spiro atoms. The molecule has 0 aromatic heterocycles. The fourth-order valence-electron chi connectivity index (χ4n) is 3.69. The molecule has 0 fully saturated rings. The van der Waals surface area contributed by atoms with Crippen LogP contribution in [-0.4, -0.2) is 52.5 Å². The van der Waals surface area contributed by atoms with Crippen molar-refractivity contribution in [3.63, 3.8) is 0 Å². The molecular formula is C25H31N3O8. The van der Waals surface area contributed by atoms with Crippen molar-refractivity contribution in [3.8, 4) is 11.5 Å². The third-order valence-corrected chi connectivity index (χ3v) is 5.49. The number of primary amides is 1. The van der Waals surface area contributed by atoms with E-state index in [4.69, 9.17) is 15.2 Å². The number of phenols is 1. The molecule has 0 saturated carbocycles. The number of nitrogens with two attached hydrogens (primary N) is 1. The van der Waals surface area contributed by atoms with Gasteiger partial charge in [0.05, 0.1) is 25.2 Å². The summed E-state index contributed by atoms with van der Waals surface area (Å²) in [5, 5.41) is 22.1. The first kappa shape index (κ1) is 28.1. The summed E-state index contributed by atoms with van der Waals surface area (Å²) in [5.74, 6) is -2.02. The molecular weight excluding hydrogens is 470 g/mol. The van der Waals surface area contributed by atoms with Gasteiger partial charge in [-0.25, -0.2) is 4.79 Å². The monoisotopic (exact) mass is 501 g/mol. The lowest BCUT2D eigenvalue weighted by Crippen LogP contribution is -2.48. The topological polar surface area (TPSA) is 162 Å². The van der Waals surface area contributed by atoms with E-state index in [0.717, 1.165) is 4.90 Å². The highest BCUT2D eigenvalue weighted by Crippen LogP contribution is 2.29. The summed E-state index contributed by atoms with van der Waals surface area (Å²) in [5.41, 5.74) is 4.82. The van der Waals surface area contributed by atoms with E-state index in [1.165, 1.54) is 37.4 Å². The van der Waals surface area contributed by atoms with Crippen LogP contribution >= 0.6 is 0 Å². The van der Waals surface area contributed by atoms with Gasteiger partial charge < -0.3 is 25.2 Å². The van der Waals surface area contributed by atoms with Crippen LogP contribution in [0, 0.1) is 16.0 Å². The highest BCUT2D eigenvalue weighted by Gasteiger charge is 2.36. The summed E-state index contributed by atoms with van der Waals surface area (Å²) in [6, 6.07) is 8.91. The number of rotatable bonds is 13. The number of hydrogen-bond donors (Lipinski definition) is 2. The van der Waals surface area contributed by atoms with E-state index in [-0.39, 0.29) is 30.2 Å². The Balaban J connectivity index is 2.34. The standard InChI is InChI=1S/C25H31N3O8/c1-16(2)23(25(32)35-3)27(24(31)19-8-4-5-9-20(19)28(33)34)15-17-11-12-18(14-21(17)29)36-13-7-6-10-22(26)30/h4-5,8-9,11-12,14,16,23,29H,6-7,10,13,15H2,1-3H3,(H2,26,30)/t23-/m0/s1. The number of esters is 1. The number of methoxy groups -OCH3 is 1. The molecule has 3 N–H and O–H groups in total. The van der Waals surface area contributed by atoms with E-state index >= 15 is 0 Å². The normalized spacial score (nSPS) is 11.6. The van der Waals surface area contributed by atoms with Gasteiger partial charge in [0.2, 0.25) is 5.91 Å². The molecule has 0 aliphatic heterocycles. The number of phenolic OH excluding ortho intramolecular Hbond substituents is 1. The van der Waals surface area contributed by atoms with Crippen LogP contribution in [0.3, 0.4) is 0 Å². The SMILES string of the molecule is COC(=O)[C@H](C(C)C)N(Cc1ccc(OCCCCC(N)=O)cc1O)C(=O)c1ccccc1[N+](=O)[O-]. The van der Waals surface area contributed by atoms with Gasteiger partial charge in [-0.3, -0.25) is 19.7 Å². The first-order valence-corrected chi connectivity index (χ1v) is 11.4. The second kappa shape index (κ2) is 13.1. The zero-order valence-electron chi connectivity index (χ0n) is 20.5. The number of unbranched alkanes of at least 4 members (excludes halogenated alkanes) is 1. The molecule has 194 valence electrons. The second-order valence-electron chi connectivity index (χ2n) is 8.48. The molecule has 2 aromatic carbocycles. The van der Waals surface area contributed by atoms with Crippen LogP contribution in [0.4, 0.5) is 5.69 Å². The predicted molar refractivity (Wildman–Crippen MR) is 130 cm³/mol. The van der Waals surface area contributed by atoms with Gasteiger partial charge >= 0.3 is 5.97 Å². The molecule has 11 nitrogen and oxygen atoms in total. The van der Waals surface area contributed by atoms with E-state index in [1.54, 1.807) is 26.0 Å². The first-order chi connectivity index (χ1) is 17.1. The largest absolute Gasteiger partial charge is 0.507 e. The Labute approximate surface area is 208 Å². The lowest BCUT2D eigenvalue weighted by atomic mass is 9.99. The lowest BCUT2D eigenvalue weighted by molar-refractivity contribution is -0.385. The summed E-state index contributed by atoms with van der Waals surface area (Å²) in [6.45, 7) is 3.53. The molecule has 0 aliphatic carbocycles. The van der Waals surface area contributed by atoms with Gasteiger partial charge in [0.1, 0.15) is 23.1 Å². The average molecular weight is 502 g/mol. The summed E-state index contributed by atoms with van der Waals surface area (Å²) in [7, 11) is 1.19. The Bertz CT molecular complexity index is 1100. The Morgan fingerprint density at radius 2 is 1.83 bits per heavy atom. The Hall–Kier alpha value is -4.15. The maximum Gasteiger partial charge on any atom is 0.328 e. The van der Waals surface area contributed by atoms with Crippen LogP contribution in [0.2, 0.25) is 0 Å². The van der Waals surface area contributed by atoms with Crippen molar-refractivity contribution in [1.29, 1.82) is 0 Å². The highest BCUT2D eigenvalue weighted by molar-refractivity contribution is 6.00. The maximum atomic E-state index is 13.5. The van der Waals surface area contributed by atoms with Crippen molar-refractivity contribution in [3.05, 3.63) is 63.7 Å². The minimum Gasteiger partial charge on any atom is -0.507 e. The quantitative estimate of drug-likeness (QED) is 0.183. The third kappa shape index (κ3) is 7.42. The van der Waals surface area contributed by atoms with E-state index in [2.05, 4.69) is 0 Å². The number of aromatic hydroxyl groups is 1. The van der Waals surface area contributed by atoms with Gasteiger partial charge in [0.25, 0.3) is 11.6 Å². The molecule has 0 unspecified atom stereocenters. The van der Waals surface area contributed by atoms with Crippen molar-refractivity contribution in [2.75, 3.05) is 13.7 Å². The van der Waals surface area contributed by atoms with Crippen molar-refractivity contribution in [2.24, 2.45) is 11.7 Å². The van der Waals surface area contributed by atoms with Crippen LogP contribution in [0.5, 0.6) is 11.5 Å². The molecule has 11 heteroatoms. The third-order valence-electron chi connectivity index (χ3n) is 5.49. The number of carbonyl (C=O) groups excluding carboxylic acids is 3. The Morgan fingerprint density at radius 3 is 2.42 bits per heavy atom. The zero-order valence-corrected chi connectivity index (χ0v) is 20.5. The number of ether oxygens (including phenoxy) is 2. The van der Waals surface area contributed by atoms with Crippen molar-refractivity contribution in [2.45, 2.75) is 45.7 Å². The van der Waals surface area contributed by atoms with E-state index in [0.29, 0.717) is 30.8 Å². The van der Waals surface area contributed by atoms with Crippen LogP contribution in [-0.2, 0) is 20.9 Å². The molecule has 0 aliphatic rings. The van der Waals surface area contributed by atoms with Gasteiger partial charge in [-0.2, -0.15) is 0 Å². The van der Waals surface area contributed by atoms with E-state index in [9.17, 15) is 29.6 Å². The van der Waals surface area contributed by atoms with Crippen molar-refractivity contribution in [1.82, 2.24) is 4.90 Å². The fraction of sp³-hybridized carbons (Fsp3) is 0.400. The smallest absolute Gasteiger partial charge is 0.328 e. The maximum absolute atomic E-state index is 13.5. The lowest BCUT2D eigenvalue weighted by Gasteiger charge is -2.32. The molecule has 0 heterocycles. The molecule has 2 amide bonds. The summed E-state index contributed by atoms with van der Waals surface area (Å²) in [4.78, 5) is 49.0. The number of nitro groups is 1. The molecule has 1 atom stereocenters. The van der Waals surface area contributed by atoms with Crippen molar-refractivity contribution < 1.29 is 33.9 Å². The number of para-hydroxylation sites is 1. The fourth-order valence-corrected chi connectivity index (χ4v) is 3.69. The average Bonchev–Trinajstić information content (AvgIpc) is 2.83. The number of nitro benzene ring substituents is 1. The molecule has 2 aromatic rings. The Morgan fingerprint density at radius 1 is 1.14 bits per heavy atom. The van der Waals surface area contributed by atoms with E-state index < -0.39 is 34.4 Å². The number of benzene rings is 2. The Kier molecular flexibility index (Phi) is 10.2. The molecule has 0 radical (unpaired) electrons. The minimum absolute atomic E-state index is 0.183. The predicted octanol–water partition coefficient (Wildman–Crippen LogP) is 3.17. The molecule has 36 heavy (non-hydrogen) atoms. The highest BCUT2D eigenvalue weighted by atomic mass is 16.6. The number of nitrogens with zero attached hydrogens (tertiary/aromatic N) is 2. The van der Waals surface area contributed by atoms with E-state index in [1.807, 2.05) is 0 Å². The van der Waals surface area contributed by atoms with Crippen LogP contribution in [0.25, 0.3) is 0 Å². The van der Waals surface area contributed by atoms with Gasteiger partial charge in [-0.15, -0.1) is 0 Å². The zero-order chi connectivity index (χ0) is 26.8.